The van der Waals surface area contributed by atoms with Gasteiger partial charge in [-0.2, -0.15) is 6.42 Å². The van der Waals surface area contributed by atoms with Crippen LogP contribution in [0, 0.1) is 6.92 Å². The van der Waals surface area contributed by atoms with Crippen molar-refractivity contribution in [3.63, 3.8) is 0 Å². The molecule has 0 aromatic heterocycles. The van der Waals surface area contributed by atoms with Crippen LogP contribution < -0.4 is 0 Å². The molecule has 0 aliphatic heterocycles. The van der Waals surface area contributed by atoms with Crippen molar-refractivity contribution < 1.29 is 40.5 Å². The minimum atomic E-state index is -0.440. The monoisotopic (exact) mass is 305 g/mol. The quantitative estimate of drug-likeness (QED) is 0.328. The van der Waals surface area contributed by atoms with Crippen molar-refractivity contribution in [2.24, 2.45) is 0 Å². The van der Waals surface area contributed by atoms with Crippen molar-refractivity contribution in [3.05, 3.63) is 6.92 Å². The second-order valence-electron chi connectivity index (χ2n) is 3.24. The van der Waals surface area contributed by atoms with Gasteiger partial charge >= 0.3 is 5.97 Å². The van der Waals surface area contributed by atoms with Gasteiger partial charge in [0.05, 0.1) is 6.61 Å². The number of Topliss-reactive ketones (excluding diaryl/α,β-unsaturated/α-hetero) is 1. The van der Waals surface area contributed by atoms with E-state index in [2.05, 4.69) is 18.6 Å². The standard InChI is InChI=1S/C6H10O3.C6H13.Zr/c1-3-9-6(8)4-5(2)7;1-3-5-6-4-2;/h3-4H2,1-2H3;1,3-6H2,2H3;/q;-1;. The first-order chi connectivity index (χ1) is 7.08. The fourth-order valence-electron chi connectivity index (χ4n) is 0.842. The Balaban J connectivity index is -0.000000214. The van der Waals surface area contributed by atoms with Gasteiger partial charge in [-0.25, -0.2) is 0 Å². The summed E-state index contributed by atoms with van der Waals surface area (Å²) < 4.78 is 4.49. The van der Waals surface area contributed by atoms with Crippen molar-refractivity contribution >= 4 is 11.8 Å². The number of ketones is 1. The zero-order valence-electron chi connectivity index (χ0n) is 10.7. The Hall–Kier alpha value is 0.0231. The number of rotatable bonds is 6. The van der Waals surface area contributed by atoms with E-state index >= 15 is 0 Å². The van der Waals surface area contributed by atoms with Crippen LogP contribution in [0.3, 0.4) is 0 Å². The maximum atomic E-state index is 10.4. The number of carbonyl (C=O) groups is 2. The smallest absolute Gasteiger partial charge is 0.313 e. The minimum Gasteiger partial charge on any atom is -0.466 e. The molecule has 16 heavy (non-hydrogen) atoms. The second-order valence-corrected chi connectivity index (χ2v) is 3.24. The SMILES string of the molecule is CCOC(=O)CC(C)=O.[CH2-]CCCCC.[Zr]. The zero-order valence-corrected chi connectivity index (χ0v) is 13.1. The molecule has 0 bridgehead atoms. The molecule has 0 rings (SSSR count). The average Bonchev–Trinajstić information content (AvgIpc) is 2.15. The van der Waals surface area contributed by atoms with Gasteiger partial charge in [0.25, 0.3) is 0 Å². The molecule has 0 N–H and O–H groups in total. The van der Waals surface area contributed by atoms with Gasteiger partial charge in [0, 0.05) is 26.2 Å². The van der Waals surface area contributed by atoms with E-state index in [9.17, 15) is 9.59 Å². The van der Waals surface area contributed by atoms with Gasteiger partial charge in [-0.1, -0.05) is 26.2 Å². The topological polar surface area (TPSA) is 43.4 Å². The molecule has 0 heterocycles. The third kappa shape index (κ3) is 23.7. The van der Waals surface area contributed by atoms with Gasteiger partial charge in [-0.15, -0.1) is 0 Å². The van der Waals surface area contributed by atoms with E-state index in [4.69, 9.17) is 0 Å². The van der Waals surface area contributed by atoms with Crippen molar-refractivity contribution in [2.75, 3.05) is 6.61 Å². The molecule has 0 aliphatic carbocycles. The molecule has 0 amide bonds. The first kappa shape index (κ1) is 21.3. The maximum absolute atomic E-state index is 10.4. The third-order valence-corrected chi connectivity index (χ3v) is 1.55. The molecule has 0 saturated heterocycles. The Kier molecular flexibility index (Phi) is 23.2. The van der Waals surface area contributed by atoms with Crippen LogP contribution in [0.2, 0.25) is 0 Å². The Morgan fingerprint density at radius 3 is 2.00 bits per heavy atom. The molecular weight excluding hydrogens is 283 g/mol. The van der Waals surface area contributed by atoms with E-state index in [0.717, 1.165) is 6.42 Å². The fraction of sp³-hybridized carbons (Fsp3) is 0.750. The van der Waals surface area contributed by atoms with Crippen molar-refractivity contribution in [1.82, 2.24) is 0 Å². The van der Waals surface area contributed by atoms with Gasteiger partial charge in [0.15, 0.2) is 0 Å². The molecule has 0 spiro atoms. The molecule has 0 radical (unpaired) electrons. The van der Waals surface area contributed by atoms with Crippen LogP contribution in [0.5, 0.6) is 0 Å². The summed E-state index contributed by atoms with van der Waals surface area (Å²) in [4.78, 5) is 20.6. The summed E-state index contributed by atoms with van der Waals surface area (Å²) in [6.07, 6.45) is 4.97. The molecule has 0 saturated carbocycles. The normalized spacial score (nSPS) is 8.25. The predicted molar refractivity (Wildman–Crippen MR) is 61.4 cm³/mol. The van der Waals surface area contributed by atoms with Crippen LogP contribution in [-0.4, -0.2) is 18.4 Å². The summed E-state index contributed by atoms with van der Waals surface area (Å²) in [5.41, 5.74) is 0. The number of esters is 1. The van der Waals surface area contributed by atoms with Crippen LogP contribution in [-0.2, 0) is 40.5 Å². The summed E-state index contributed by atoms with van der Waals surface area (Å²) >= 11 is 0. The van der Waals surface area contributed by atoms with E-state index in [1.807, 2.05) is 0 Å². The van der Waals surface area contributed by atoms with Gasteiger partial charge < -0.3 is 11.7 Å². The Labute approximate surface area is 118 Å². The summed E-state index contributed by atoms with van der Waals surface area (Å²) in [5.74, 6) is -0.599. The number of hydrogen-bond donors (Lipinski definition) is 0. The fourth-order valence-corrected chi connectivity index (χ4v) is 0.842. The minimum absolute atomic E-state index is 0. The molecular formula is C12H23O3Zr-. The Morgan fingerprint density at radius 1 is 1.19 bits per heavy atom. The van der Waals surface area contributed by atoms with Gasteiger partial charge in [-0.3, -0.25) is 9.59 Å². The summed E-state index contributed by atoms with van der Waals surface area (Å²) in [6, 6.07) is 0. The van der Waals surface area contributed by atoms with Gasteiger partial charge in [0.1, 0.15) is 12.2 Å². The summed E-state index contributed by atoms with van der Waals surface area (Å²) in [7, 11) is 0. The van der Waals surface area contributed by atoms with Gasteiger partial charge in [0.2, 0.25) is 0 Å². The van der Waals surface area contributed by atoms with Crippen LogP contribution in [0.25, 0.3) is 0 Å². The predicted octanol–water partition coefficient (Wildman–Crippen LogP) is 2.93. The zero-order chi connectivity index (χ0) is 12.1. The van der Waals surface area contributed by atoms with E-state index in [0.29, 0.717) is 6.61 Å². The first-order valence-corrected chi connectivity index (χ1v) is 5.52. The molecule has 4 heteroatoms. The van der Waals surface area contributed by atoms with E-state index in [-0.39, 0.29) is 38.4 Å². The number of hydrogen-bond acceptors (Lipinski definition) is 3. The molecule has 0 unspecified atom stereocenters. The number of ether oxygens (including phenoxy) is 1. The van der Waals surface area contributed by atoms with Crippen molar-refractivity contribution in [2.45, 2.75) is 52.9 Å². The summed E-state index contributed by atoms with van der Waals surface area (Å²) in [5, 5.41) is 0. The molecule has 0 aromatic carbocycles. The Morgan fingerprint density at radius 2 is 1.75 bits per heavy atom. The first-order valence-electron chi connectivity index (χ1n) is 5.52. The molecule has 94 valence electrons. The molecule has 0 aromatic rings. The van der Waals surface area contributed by atoms with E-state index in [1.165, 1.54) is 26.2 Å². The molecule has 3 nitrogen and oxygen atoms in total. The van der Waals surface area contributed by atoms with Crippen LogP contribution in [0.4, 0.5) is 0 Å². The molecule has 0 aliphatic rings. The van der Waals surface area contributed by atoms with Crippen molar-refractivity contribution in [1.29, 1.82) is 0 Å². The number of unbranched alkanes of at least 4 members (excludes halogenated alkanes) is 3. The molecule has 0 atom stereocenters. The van der Waals surface area contributed by atoms with Crippen LogP contribution >= 0.6 is 0 Å². The maximum Gasteiger partial charge on any atom is 0.313 e. The van der Waals surface area contributed by atoms with Crippen molar-refractivity contribution in [3.8, 4) is 0 Å². The number of carbonyl (C=O) groups excluding carboxylic acids is 2. The second kappa shape index (κ2) is 17.4. The van der Waals surface area contributed by atoms with Crippen LogP contribution in [0.1, 0.15) is 52.9 Å². The third-order valence-electron chi connectivity index (χ3n) is 1.55. The molecule has 0 fully saturated rings. The van der Waals surface area contributed by atoms with E-state index < -0.39 is 5.97 Å². The van der Waals surface area contributed by atoms with Crippen LogP contribution in [0.15, 0.2) is 0 Å². The largest absolute Gasteiger partial charge is 0.466 e. The average molecular weight is 307 g/mol. The Bertz CT molecular complexity index is 166. The summed E-state index contributed by atoms with van der Waals surface area (Å²) in [6.45, 7) is 9.33. The van der Waals surface area contributed by atoms with E-state index in [1.54, 1.807) is 6.92 Å². The van der Waals surface area contributed by atoms with Gasteiger partial charge in [-0.05, 0) is 13.8 Å².